The molecular formula is C26H16N2. The van der Waals surface area contributed by atoms with Gasteiger partial charge >= 0.3 is 0 Å². The topological polar surface area (TPSA) is 28.1 Å². The van der Waals surface area contributed by atoms with Crippen molar-refractivity contribution in [1.29, 1.82) is 5.26 Å². The molecule has 0 saturated heterocycles. The summed E-state index contributed by atoms with van der Waals surface area (Å²) in [5.41, 5.74) is 4.74. The lowest BCUT2D eigenvalue weighted by Gasteiger charge is -2.11. The van der Waals surface area contributed by atoms with Gasteiger partial charge in [-0.1, -0.05) is 91.0 Å². The highest BCUT2D eigenvalue weighted by Gasteiger charge is 2.13. The van der Waals surface area contributed by atoms with Crippen LogP contribution in [0, 0.1) is 17.9 Å². The largest absolute Gasteiger partial charge is 0.270 e. The molecule has 2 nitrogen and oxygen atoms in total. The van der Waals surface area contributed by atoms with Crippen molar-refractivity contribution < 1.29 is 0 Å². The Labute approximate surface area is 164 Å². The fourth-order valence-corrected chi connectivity index (χ4v) is 3.38. The molecule has 0 amide bonds. The third kappa shape index (κ3) is 3.28. The van der Waals surface area contributed by atoms with E-state index in [-0.39, 0.29) is 5.70 Å². The number of fused-ring (bicyclic) bond motifs is 1. The minimum atomic E-state index is 0.0998. The van der Waals surface area contributed by atoms with Gasteiger partial charge < -0.3 is 0 Å². The fourth-order valence-electron chi connectivity index (χ4n) is 3.38. The van der Waals surface area contributed by atoms with Crippen molar-refractivity contribution in [2.45, 2.75) is 0 Å². The maximum absolute atomic E-state index is 9.54. The molecule has 0 aliphatic rings. The first kappa shape index (κ1) is 17.3. The van der Waals surface area contributed by atoms with Crippen LogP contribution < -0.4 is 0 Å². The highest BCUT2D eigenvalue weighted by Crippen LogP contribution is 2.31. The van der Waals surface area contributed by atoms with E-state index in [2.05, 4.69) is 29.1 Å². The smallest absolute Gasteiger partial charge is 0.226 e. The first-order chi connectivity index (χ1) is 13.8. The molecule has 0 spiro atoms. The number of rotatable bonds is 3. The normalized spacial score (nSPS) is 11.4. The van der Waals surface area contributed by atoms with Gasteiger partial charge in [0, 0.05) is 5.57 Å². The van der Waals surface area contributed by atoms with Crippen LogP contribution >= 0.6 is 0 Å². The summed E-state index contributed by atoms with van der Waals surface area (Å²) in [5.74, 6) is 0. The van der Waals surface area contributed by atoms with Gasteiger partial charge in [-0.15, -0.1) is 0 Å². The lowest BCUT2D eigenvalue weighted by Crippen LogP contribution is -1.92. The van der Waals surface area contributed by atoms with Crippen molar-refractivity contribution in [3.63, 3.8) is 0 Å². The standard InChI is InChI=1S/C26H16N2/c1-28-25(18-27)26(24-16-13-20-9-5-6-10-23(20)17-24)22-14-11-21(12-15-22)19-7-3-2-4-8-19/h2-17H. The second-order valence-corrected chi connectivity index (χ2v) is 6.45. The fraction of sp³-hybridized carbons (Fsp3) is 0. The molecule has 0 fully saturated rings. The summed E-state index contributed by atoms with van der Waals surface area (Å²) in [6, 6.07) is 34.4. The number of allylic oxidation sites excluding steroid dienone is 1. The molecule has 0 unspecified atom stereocenters. The Balaban J connectivity index is 1.85. The van der Waals surface area contributed by atoms with Crippen LogP contribution in [0.4, 0.5) is 0 Å². The van der Waals surface area contributed by atoms with Crippen molar-refractivity contribution in [3.05, 3.63) is 125 Å². The van der Waals surface area contributed by atoms with E-state index < -0.39 is 0 Å². The van der Waals surface area contributed by atoms with Gasteiger partial charge in [0.05, 0.1) is 12.6 Å². The average molecular weight is 356 g/mol. The molecule has 0 radical (unpaired) electrons. The van der Waals surface area contributed by atoms with E-state index in [4.69, 9.17) is 6.57 Å². The zero-order valence-electron chi connectivity index (χ0n) is 15.1. The third-order valence-corrected chi connectivity index (χ3v) is 4.77. The number of benzene rings is 4. The van der Waals surface area contributed by atoms with Gasteiger partial charge in [0.25, 0.3) is 5.70 Å². The summed E-state index contributed by atoms with van der Waals surface area (Å²) < 4.78 is 0. The highest BCUT2D eigenvalue weighted by atomic mass is 14.7. The molecule has 28 heavy (non-hydrogen) atoms. The second kappa shape index (κ2) is 7.62. The molecule has 4 aromatic carbocycles. The summed E-state index contributed by atoms with van der Waals surface area (Å²) in [4.78, 5) is 3.49. The Morgan fingerprint density at radius 2 is 1.29 bits per heavy atom. The zero-order valence-corrected chi connectivity index (χ0v) is 15.1. The predicted octanol–water partition coefficient (Wildman–Crippen LogP) is 6.71. The van der Waals surface area contributed by atoms with Gasteiger partial charge in [-0.3, -0.25) is 0 Å². The Morgan fingerprint density at radius 3 is 1.96 bits per heavy atom. The molecule has 130 valence electrons. The maximum atomic E-state index is 9.54. The third-order valence-electron chi connectivity index (χ3n) is 4.77. The van der Waals surface area contributed by atoms with Gasteiger partial charge in [-0.05, 0) is 39.1 Å². The SMILES string of the molecule is [C-]#[N+]C(C#N)=C(c1ccc(-c2ccccc2)cc1)c1ccc2ccccc2c1. The van der Waals surface area contributed by atoms with Crippen LogP contribution in [-0.4, -0.2) is 0 Å². The summed E-state index contributed by atoms with van der Waals surface area (Å²) in [7, 11) is 0. The second-order valence-electron chi connectivity index (χ2n) is 6.45. The molecular weight excluding hydrogens is 340 g/mol. The molecule has 4 aromatic rings. The minimum Gasteiger partial charge on any atom is -0.226 e. The Bertz CT molecular complexity index is 1240. The minimum absolute atomic E-state index is 0.0998. The molecule has 0 N–H and O–H groups in total. The summed E-state index contributed by atoms with van der Waals surface area (Å²) >= 11 is 0. The van der Waals surface area contributed by atoms with E-state index in [1.807, 2.05) is 78.9 Å². The summed E-state index contributed by atoms with van der Waals surface area (Å²) in [6.07, 6.45) is 0. The molecule has 0 aliphatic heterocycles. The first-order valence-electron chi connectivity index (χ1n) is 8.97. The van der Waals surface area contributed by atoms with E-state index in [0.29, 0.717) is 5.57 Å². The van der Waals surface area contributed by atoms with E-state index >= 15 is 0 Å². The molecule has 0 aromatic heterocycles. The van der Waals surface area contributed by atoms with Crippen molar-refractivity contribution in [3.8, 4) is 17.2 Å². The lowest BCUT2D eigenvalue weighted by molar-refractivity contribution is 1.47. The van der Waals surface area contributed by atoms with Crippen molar-refractivity contribution >= 4 is 16.3 Å². The number of nitriles is 1. The maximum Gasteiger partial charge on any atom is 0.270 e. The van der Waals surface area contributed by atoms with Gasteiger partial charge in [0.2, 0.25) is 0 Å². The van der Waals surface area contributed by atoms with Crippen molar-refractivity contribution in [2.24, 2.45) is 0 Å². The van der Waals surface area contributed by atoms with Gasteiger partial charge in [0.15, 0.2) is 0 Å². The van der Waals surface area contributed by atoms with E-state index in [9.17, 15) is 5.26 Å². The predicted molar refractivity (Wildman–Crippen MR) is 114 cm³/mol. The molecule has 2 heteroatoms. The number of hydrogen-bond acceptors (Lipinski definition) is 1. The van der Waals surface area contributed by atoms with Gasteiger partial charge in [-0.2, -0.15) is 0 Å². The quantitative estimate of drug-likeness (QED) is 0.296. The molecule has 0 bridgehead atoms. The van der Waals surface area contributed by atoms with Crippen molar-refractivity contribution in [2.75, 3.05) is 0 Å². The molecule has 0 heterocycles. The van der Waals surface area contributed by atoms with E-state index in [1.54, 1.807) is 0 Å². The van der Waals surface area contributed by atoms with Crippen LogP contribution in [-0.2, 0) is 0 Å². The summed E-state index contributed by atoms with van der Waals surface area (Å²) in [6.45, 7) is 7.47. The van der Waals surface area contributed by atoms with Crippen LogP contribution in [0.15, 0.2) is 103 Å². The number of nitrogens with zero attached hydrogens (tertiary/aromatic N) is 2. The molecule has 0 saturated carbocycles. The average Bonchev–Trinajstić information content (AvgIpc) is 2.78. The Hall–Kier alpha value is -4.14. The molecule has 4 rings (SSSR count). The van der Waals surface area contributed by atoms with Crippen LogP contribution in [0.2, 0.25) is 0 Å². The van der Waals surface area contributed by atoms with E-state index in [0.717, 1.165) is 33.0 Å². The first-order valence-corrected chi connectivity index (χ1v) is 8.97. The lowest BCUT2D eigenvalue weighted by atomic mass is 9.93. The van der Waals surface area contributed by atoms with Gasteiger partial charge in [-0.25, -0.2) is 10.1 Å². The van der Waals surface area contributed by atoms with Gasteiger partial charge in [0.1, 0.15) is 0 Å². The molecule has 0 atom stereocenters. The Kier molecular flexibility index (Phi) is 4.70. The Morgan fingerprint density at radius 1 is 0.679 bits per heavy atom. The monoisotopic (exact) mass is 356 g/mol. The van der Waals surface area contributed by atoms with Crippen LogP contribution in [0.1, 0.15) is 11.1 Å². The summed E-state index contributed by atoms with van der Waals surface area (Å²) in [5, 5.41) is 11.8. The van der Waals surface area contributed by atoms with E-state index in [1.165, 1.54) is 0 Å². The van der Waals surface area contributed by atoms with Crippen LogP contribution in [0.25, 0.3) is 32.3 Å². The highest BCUT2D eigenvalue weighted by molar-refractivity contribution is 5.92. The van der Waals surface area contributed by atoms with Crippen LogP contribution in [0.3, 0.4) is 0 Å². The number of hydrogen-bond donors (Lipinski definition) is 0. The van der Waals surface area contributed by atoms with Crippen molar-refractivity contribution in [1.82, 2.24) is 0 Å². The van der Waals surface area contributed by atoms with Crippen LogP contribution in [0.5, 0.6) is 0 Å². The molecule has 0 aliphatic carbocycles. The zero-order chi connectivity index (χ0) is 19.3.